The minimum Gasteiger partial charge on any atom is -0.472 e. The zero-order chi connectivity index (χ0) is 16.9. The van der Waals surface area contributed by atoms with Crippen LogP contribution in [0.15, 0.2) is 47.3 Å². The fraction of sp³-hybridized carbons (Fsp3) is 0.267. The van der Waals surface area contributed by atoms with Gasteiger partial charge >= 0.3 is 12.2 Å². The van der Waals surface area contributed by atoms with E-state index in [0.29, 0.717) is 5.56 Å². The molecule has 0 aliphatic rings. The molecule has 0 fully saturated rings. The molecule has 1 atom stereocenters. The van der Waals surface area contributed by atoms with Gasteiger partial charge in [0, 0.05) is 17.8 Å². The van der Waals surface area contributed by atoms with E-state index >= 15 is 0 Å². The van der Waals surface area contributed by atoms with Crippen LogP contribution in [-0.2, 0) is 6.18 Å². The summed E-state index contributed by atoms with van der Waals surface area (Å²) in [6.07, 6.45) is -2.06. The monoisotopic (exact) mass is 328 g/mol. The van der Waals surface area contributed by atoms with Gasteiger partial charge in [-0.25, -0.2) is 4.79 Å². The van der Waals surface area contributed by atoms with Gasteiger partial charge < -0.3 is 20.2 Å². The Hall–Kier alpha value is -2.48. The van der Waals surface area contributed by atoms with Gasteiger partial charge in [0.25, 0.3) is 0 Å². The highest BCUT2D eigenvalue weighted by Crippen LogP contribution is 2.29. The van der Waals surface area contributed by atoms with Gasteiger partial charge in [0.1, 0.15) is 0 Å². The van der Waals surface area contributed by atoms with Gasteiger partial charge in [0.2, 0.25) is 0 Å². The van der Waals surface area contributed by atoms with Gasteiger partial charge in [0.15, 0.2) is 0 Å². The highest BCUT2D eigenvalue weighted by molar-refractivity contribution is 5.89. The van der Waals surface area contributed by atoms with Gasteiger partial charge in [-0.15, -0.1) is 0 Å². The third kappa shape index (κ3) is 5.03. The van der Waals surface area contributed by atoms with Crippen molar-refractivity contribution in [3.05, 3.63) is 54.0 Å². The molecule has 0 unspecified atom stereocenters. The van der Waals surface area contributed by atoms with Crippen molar-refractivity contribution in [1.29, 1.82) is 0 Å². The number of nitrogens with one attached hydrogen (secondary N) is 2. The van der Waals surface area contributed by atoms with Crippen LogP contribution in [0.5, 0.6) is 0 Å². The summed E-state index contributed by atoms with van der Waals surface area (Å²) >= 11 is 0. The molecule has 0 aliphatic carbocycles. The summed E-state index contributed by atoms with van der Waals surface area (Å²) in [6, 6.07) is 5.17. The third-order valence-corrected chi connectivity index (χ3v) is 3.10. The molecule has 0 spiro atoms. The van der Waals surface area contributed by atoms with Crippen LogP contribution in [0.1, 0.15) is 23.7 Å². The van der Waals surface area contributed by atoms with Crippen LogP contribution < -0.4 is 10.6 Å². The maximum absolute atomic E-state index is 12.4. The molecule has 5 nitrogen and oxygen atoms in total. The number of carbonyl (C=O) groups excluding carboxylic acids is 1. The third-order valence-electron chi connectivity index (χ3n) is 3.10. The number of aliphatic hydroxyl groups excluding tert-OH is 1. The average Bonchev–Trinajstić information content (AvgIpc) is 3.01. The summed E-state index contributed by atoms with van der Waals surface area (Å²) in [6.45, 7) is 0.193. The number of benzene rings is 1. The van der Waals surface area contributed by atoms with Crippen LogP contribution in [0.2, 0.25) is 0 Å². The first kappa shape index (κ1) is 16.9. The molecule has 23 heavy (non-hydrogen) atoms. The molecular weight excluding hydrogens is 313 g/mol. The standard InChI is InChI=1S/C15H15F3N2O3/c16-15(17,18)11-1-3-12(4-2-11)20-14(22)19-7-5-13(21)10-6-8-23-9-10/h1-4,6,8-9,13,21H,5,7H2,(H2,19,20,22)/t13-/m1/s1. The number of rotatable bonds is 5. The number of amides is 2. The Bertz CT molecular complexity index is 624. The largest absolute Gasteiger partial charge is 0.472 e. The van der Waals surface area contributed by atoms with E-state index in [1.807, 2.05) is 0 Å². The predicted octanol–water partition coefficient (Wildman–Crippen LogP) is 3.54. The van der Waals surface area contributed by atoms with Gasteiger partial charge in [0.05, 0.1) is 24.2 Å². The lowest BCUT2D eigenvalue weighted by atomic mass is 10.1. The number of alkyl halides is 3. The van der Waals surface area contributed by atoms with Gasteiger partial charge in [-0.05, 0) is 36.8 Å². The van der Waals surface area contributed by atoms with Crippen molar-refractivity contribution in [1.82, 2.24) is 5.32 Å². The molecule has 0 aliphatic heterocycles. The SMILES string of the molecule is O=C(NCC[C@@H](O)c1ccoc1)Nc1ccc(C(F)(F)F)cc1. The highest BCUT2D eigenvalue weighted by atomic mass is 19.4. The molecule has 1 aromatic heterocycles. The molecule has 0 radical (unpaired) electrons. The molecule has 0 bridgehead atoms. The van der Waals surface area contributed by atoms with Crippen molar-refractivity contribution in [3.63, 3.8) is 0 Å². The van der Waals surface area contributed by atoms with Crippen LogP contribution in [-0.4, -0.2) is 17.7 Å². The van der Waals surface area contributed by atoms with Crippen LogP contribution in [0.3, 0.4) is 0 Å². The van der Waals surface area contributed by atoms with E-state index in [1.54, 1.807) is 6.07 Å². The van der Waals surface area contributed by atoms with E-state index in [-0.39, 0.29) is 18.7 Å². The second-order valence-corrected chi connectivity index (χ2v) is 4.82. The Morgan fingerprint density at radius 1 is 1.22 bits per heavy atom. The number of furan rings is 1. The zero-order valence-electron chi connectivity index (χ0n) is 11.9. The average molecular weight is 328 g/mol. The molecule has 2 amide bonds. The van der Waals surface area contributed by atoms with E-state index in [9.17, 15) is 23.1 Å². The smallest absolute Gasteiger partial charge is 0.416 e. The van der Waals surface area contributed by atoms with E-state index in [4.69, 9.17) is 4.42 Å². The Kier molecular flexibility index (Phi) is 5.28. The second kappa shape index (κ2) is 7.19. The fourth-order valence-corrected chi connectivity index (χ4v) is 1.87. The molecule has 0 saturated carbocycles. The highest BCUT2D eigenvalue weighted by Gasteiger charge is 2.29. The Morgan fingerprint density at radius 2 is 1.91 bits per heavy atom. The molecule has 0 saturated heterocycles. The van der Waals surface area contributed by atoms with Gasteiger partial charge in [-0.2, -0.15) is 13.2 Å². The number of anilines is 1. The number of carbonyl (C=O) groups is 1. The lowest BCUT2D eigenvalue weighted by Gasteiger charge is -2.11. The summed E-state index contributed by atoms with van der Waals surface area (Å²) in [4.78, 5) is 11.6. The number of hydrogen-bond acceptors (Lipinski definition) is 3. The van der Waals surface area contributed by atoms with E-state index in [2.05, 4.69) is 10.6 Å². The van der Waals surface area contributed by atoms with Crippen molar-refractivity contribution >= 4 is 11.7 Å². The molecule has 1 heterocycles. The van der Waals surface area contributed by atoms with Gasteiger partial charge in [-0.3, -0.25) is 0 Å². The Labute approximate surface area is 130 Å². The predicted molar refractivity (Wildman–Crippen MR) is 76.8 cm³/mol. The molecule has 3 N–H and O–H groups in total. The van der Waals surface area contributed by atoms with Crippen molar-refractivity contribution in [2.24, 2.45) is 0 Å². The lowest BCUT2D eigenvalue weighted by molar-refractivity contribution is -0.137. The summed E-state index contributed by atoms with van der Waals surface area (Å²) in [7, 11) is 0. The normalized spacial score (nSPS) is 12.7. The molecule has 8 heteroatoms. The van der Waals surface area contributed by atoms with Crippen LogP contribution >= 0.6 is 0 Å². The first-order valence-electron chi connectivity index (χ1n) is 6.78. The number of urea groups is 1. The molecular formula is C15H15F3N2O3. The number of halogens is 3. The van der Waals surface area contributed by atoms with Gasteiger partial charge in [-0.1, -0.05) is 0 Å². The molecule has 1 aromatic carbocycles. The van der Waals surface area contributed by atoms with Crippen LogP contribution in [0.4, 0.5) is 23.7 Å². The lowest BCUT2D eigenvalue weighted by Crippen LogP contribution is -2.30. The van der Waals surface area contributed by atoms with Crippen molar-refractivity contribution in [2.45, 2.75) is 18.7 Å². The summed E-state index contributed by atoms with van der Waals surface area (Å²) < 4.78 is 42.1. The van der Waals surface area contributed by atoms with Crippen molar-refractivity contribution in [2.75, 3.05) is 11.9 Å². The number of aliphatic hydroxyl groups is 1. The molecule has 2 aromatic rings. The van der Waals surface area contributed by atoms with E-state index < -0.39 is 23.9 Å². The Balaban J connectivity index is 1.76. The first-order valence-corrected chi connectivity index (χ1v) is 6.78. The molecule has 2 rings (SSSR count). The topological polar surface area (TPSA) is 74.5 Å². The second-order valence-electron chi connectivity index (χ2n) is 4.82. The minimum absolute atomic E-state index is 0.193. The van der Waals surface area contributed by atoms with Crippen molar-refractivity contribution in [3.8, 4) is 0 Å². The fourth-order valence-electron chi connectivity index (χ4n) is 1.87. The van der Waals surface area contributed by atoms with Crippen LogP contribution in [0.25, 0.3) is 0 Å². The molecule has 124 valence electrons. The number of hydrogen-bond donors (Lipinski definition) is 3. The quantitative estimate of drug-likeness (QED) is 0.786. The zero-order valence-corrected chi connectivity index (χ0v) is 11.9. The maximum atomic E-state index is 12.4. The first-order chi connectivity index (χ1) is 10.9. The summed E-state index contributed by atoms with van der Waals surface area (Å²) in [5, 5.41) is 14.7. The maximum Gasteiger partial charge on any atom is 0.416 e. The van der Waals surface area contributed by atoms with Crippen LogP contribution in [0, 0.1) is 0 Å². The summed E-state index contributed by atoms with van der Waals surface area (Å²) in [5.41, 5.74) is 0.0625. The minimum atomic E-state index is -4.41. The Morgan fingerprint density at radius 3 is 2.48 bits per heavy atom. The van der Waals surface area contributed by atoms with Crippen molar-refractivity contribution < 1.29 is 27.5 Å². The van der Waals surface area contributed by atoms with E-state index in [0.717, 1.165) is 12.1 Å². The summed E-state index contributed by atoms with van der Waals surface area (Å²) in [5.74, 6) is 0. The van der Waals surface area contributed by atoms with E-state index in [1.165, 1.54) is 24.7 Å².